The summed E-state index contributed by atoms with van der Waals surface area (Å²) in [4.78, 5) is 16.4. The van der Waals surface area contributed by atoms with Gasteiger partial charge in [0.15, 0.2) is 10.8 Å². The Morgan fingerprint density at radius 3 is 2.82 bits per heavy atom. The van der Waals surface area contributed by atoms with E-state index in [0.717, 1.165) is 28.1 Å². The van der Waals surface area contributed by atoms with Gasteiger partial charge in [-0.3, -0.25) is 9.19 Å². The minimum absolute atomic E-state index is 0. The number of aromatic nitrogens is 4. The van der Waals surface area contributed by atoms with E-state index in [-0.39, 0.29) is 36.7 Å². The second-order valence-electron chi connectivity index (χ2n) is 6.85. The number of rotatable bonds is 7. The van der Waals surface area contributed by atoms with Crippen LogP contribution in [0.4, 0.5) is 0 Å². The summed E-state index contributed by atoms with van der Waals surface area (Å²) in [5, 5.41) is 0.389. The summed E-state index contributed by atoms with van der Waals surface area (Å²) in [6, 6.07) is 3.73. The molecule has 1 N–H and O–H groups in total. The van der Waals surface area contributed by atoms with Crippen molar-refractivity contribution in [3.63, 3.8) is 0 Å². The van der Waals surface area contributed by atoms with Crippen molar-refractivity contribution in [1.29, 1.82) is 0 Å². The number of nitrogens with zero attached hydrogens (tertiary/aromatic N) is 3. The van der Waals surface area contributed by atoms with Gasteiger partial charge in [-0.05, 0) is 44.7 Å². The third-order valence-corrected chi connectivity index (χ3v) is 5.87. The molecule has 3 heterocycles. The molecule has 1 saturated carbocycles. The van der Waals surface area contributed by atoms with Crippen LogP contribution >= 0.6 is 0 Å². The number of fused-ring (bicyclic) bond motifs is 1. The molecule has 1 atom stereocenters. The zero-order valence-electron chi connectivity index (χ0n) is 17.6. The van der Waals surface area contributed by atoms with Crippen molar-refractivity contribution in [2.75, 3.05) is 13.7 Å². The van der Waals surface area contributed by atoms with Gasteiger partial charge in [0, 0.05) is 17.3 Å². The maximum atomic E-state index is 12.8. The van der Waals surface area contributed by atoms with Gasteiger partial charge in [0.05, 0.1) is 41.5 Å². The first-order chi connectivity index (χ1) is 13.0. The van der Waals surface area contributed by atoms with Crippen molar-refractivity contribution in [2.24, 2.45) is 5.92 Å². The number of aromatic amines is 1. The second kappa shape index (κ2) is 8.90. The zero-order chi connectivity index (χ0) is 19.0. The SMILES string of the molecule is COc1ccnc(CS(=O)c2nc3nc(OCC4CC4)c(C)cc3[nH]2)c1C.[H-].[Na+]. The van der Waals surface area contributed by atoms with Crippen molar-refractivity contribution in [1.82, 2.24) is 19.9 Å². The number of hydrogen-bond donors (Lipinski definition) is 1. The smallest absolute Gasteiger partial charge is 1.00 e. The third-order valence-electron chi connectivity index (χ3n) is 4.71. The number of pyridine rings is 2. The Kier molecular flexibility index (Phi) is 6.75. The van der Waals surface area contributed by atoms with E-state index in [4.69, 9.17) is 9.47 Å². The molecule has 1 unspecified atom stereocenters. The van der Waals surface area contributed by atoms with Crippen LogP contribution in [0.15, 0.2) is 23.5 Å². The van der Waals surface area contributed by atoms with Gasteiger partial charge in [-0.1, -0.05) is 0 Å². The Morgan fingerprint density at radius 1 is 1.32 bits per heavy atom. The van der Waals surface area contributed by atoms with E-state index < -0.39 is 10.8 Å². The van der Waals surface area contributed by atoms with Gasteiger partial charge >= 0.3 is 29.6 Å². The first-order valence-corrected chi connectivity index (χ1v) is 10.2. The Labute approximate surface area is 189 Å². The van der Waals surface area contributed by atoms with Crippen LogP contribution < -0.4 is 39.0 Å². The molecule has 0 aromatic carbocycles. The molecule has 7 nitrogen and oxygen atoms in total. The van der Waals surface area contributed by atoms with Gasteiger partial charge in [-0.2, -0.15) is 4.98 Å². The monoisotopic (exact) mass is 410 g/mol. The molecule has 9 heteroatoms. The molecule has 3 aromatic heterocycles. The van der Waals surface area contributed by atoms with Crippen LogP contribution in [0.25, 0.3) is 11.2 Å². The molecule has 0 bridgehead atoms. The first kappa shape index (κ1) is 21.2. The molecule has 28 heavy (non-hydrogen) atoms. The van der Waals surface area contributed by atoms with Crippen LogP contribution in [0.5, 0.6) is 11.6 Å². The number of methoxy groups -OCH3 is 1. The standard InChI is InChI=1S/C19H22N4O3S.Na.H/c1-11-8-14-17(22-18(11)26-9-13-4-5-13)23-19(21-14)27(24)10-15-12(2)16(25-3)6-7-20-15;;/h6-8,13H,4-5,9-10H2,1-3H3,(H,21,22,23);;/q;+1;-1. The molecule has 4 rings (SSSR count). The molecule has 144 valence electrons. The summed E-state index contributed by atoms with van der Waals surface area (Å²) in [6.45, 7) is 4.56. The molecule has 0 radical (unpaired) electrons. The van der Waals surface area contributed by atoms with Gasteiger partial charge in [-0.15, -0.1) is 0 Å². The van der Waals surface area contributed by atoms with Gasteiger partial charge < -0.3 is 15.9 Å². The number of H-pyrrole nitrogens is 1. The van der Waals surface area contributed by atoms with Crippen molar-refractivity contribution in [2.45, 2.75) is 37.6 Å². The van der Waals surface area contributed by atoms with E-state index in [0.29, 0.717) is 29.2 Å². The summed E-state index contributed by atoms with van der Waals surface area (Å²) in [7, 11) is 0.243. The molecule has 3 aromatic rings. The van der Waals surface area contributed by atoms with Crippen molar-refractivity contribution < 1.29 is 44.7 Å². The predicted molar refractivity (Wildman–Crippen MR) is 104 cm³/mol. The molecule has 0 saturated heterocycles. The normalized spacial score (nSPS) is 14.5. The molecule has 1 aliphatic carbocycles. The van der Waals surface area contributed by atoms with E-state index in [1.807, 2.05) is 19.9 Å². The predicted octanol–water partition coefficient (Wildman–Crippen LogP) is 0.191. The van der Waals surface area contributed by atoms with Crippen LogP contribution in [0.3, 0.4) is 0 Å². The topological polar surface area (TPSA) is 90.0 Å². The molecule has 1 fully saturated rings. The van der Waals surface area contributed by atoms with Gasteiger partial charge in [0.2, 0.25) is 5.88 Å². The summed E-state index contributed by atoms with van der Waals surface area (Å²) in [6.07, 6.45) is 4.11. The Bertz CT molecular complexity index is 1030. The minimum atomic E-state index is -1.37. The fourth-order valence-corrected chi connectivity index (χ4v) is 3.95. The van der Waals surface area contributed by atoms with Crippen LogP contribution in [-0.2, 0) is 16.6 Å². The Hall–Kier alpha value is -1.48. The molecular weight excluding hydrogens is 387 g/mol. The maximum Gasteiger partial charge on any atom is 1.00 e. The number of aryl methyl sites for hydroxylation is 1. The number of imidazole rings is 1. The first-order valence-electron chi connectivity index (χ1n) is 8.92. The molecule has 0 amide bonds. The van der Waals surface area contributed by atoms with Crippen molar-refractivity contribution in [3.05, 3.63) is 35.2 Å². The fourth-order valence-electron chi connectivity index (χ4n) is 2.86. The Balaban J connectivity index is 0.00000150. The molecular formula is C19H23N4NaO3S. The van der Waals surface area contributed by atoms with E-state index >= 15 is 0 Å². The maximum absolute atomic E-state index is 12.8. The number of nitrogens with one attached hydrogen (secondary N) is 1. The summed E-state index contributed by atoms with van der Waals surface area (Å²) < 4.78 is 23.9. The third kappa shape index (κ3) is 4.56. The molecule has 0 spiro atoms. The summed E-state index contributed by atoms with van der Waals surface area (Å²) >= 11 is 0. The average molecular weight is 410 g/mol. The van der Waals surface area contributed by atoms with Crippen LogP contribution in [0.1, 0.15) is 31.1 Å². The second-order valence-corrected chi connectivity index (χ2v) is 8.22. The number of ether oxygens (including phenoxy) is 2. The average Bonchev–Trinajstić information content (AvgIpc) is 3.39. The molecule has 0 aliphatic heterocycles. The fraction of sp³-hybridized carbons (Fsp3) is 0.421. The minimum Gasteiger partial charge on any atom is -1.00 e. The van der Waals surface area contributed by atoms with Crippen molar-refractivity contribution >= 4 is 22.0 Å². The van der Waals surface area contributed by atoms with E-state index in [1.165, 1.54) is 12.8 Å². The summed E-state index contributed by atoms with van der Waals surface area (Å²) in [5.41, 5.74) is 3.82. The van der Waals surface area contributed by atoms with E-state index in [1.54, 1.807) is 19.4 Å². The largest absolute Gasteiger partial charge is 1.00 e. The quantitative estimate of drug-likeness (QED) is 0.560. The van der Waals surface area contributed by atoms with Gasteiger partial charge in [0.25, 0.3) is 0 Å². The summed E-state index contributed by atoms with van der Waals surface area (Å²) in [5.74, 6) is 2.25. The number of hydrogen-bond acceptors (Lipinski definition) is 6. The Morgan fingerprint density at radius 2 is 2.11 bits per heavy atom. The van der Waals surface area contributed by atoms with Crippen molar-refractivity contribution in [3.8, 4) is 11.6 Å². The zero-order valence-corrected chi connectivity index (χ0v) is 19.4. The van der Waals surface area contributed by atoms with Crippen LogP contribution in [0.2, 0.25) is 0 Å². The van der Waals surface area contributed by atoms with Gasteiger partial charge in [-0.25, -0.2) is 4.98 Å². The van der Waals surface area contributed by atoms with E-state index in [9.17, 15) is 4.21 Å². The van der Waals surface area contributed by atoms with Crippen LogP contribution in [-0.4, -0.2) is 37.9 Å². The van der Waals surface area contributed by atoms with Gasteiger partial charge in [0.1, 0.15) is 5.75 Å². The van der Waals surface area contributed by atoms with E-state index in [2.05, 4.69) is 19.9 Å². The molecule has 1 aliphatic rings. The van der Waals surface area contributed by atoms with Crippen LogP contribution in [0, 0.1) is 19.8 Å².